The minimum absolute atomic E-state index is 0.0412. The molecule has 0 heterocycles. The van der Waals surface area contributed by atoms with Crippen molar-refractivity contribution < 1.29 is 14.3 Å². The molecule has 2 aromatic carbocycles. The van der Waals surface area contributed by atoms with Gasteiger partial charge in [-0.1, -0.05) is 42.1 Å². The molecule has 2 aromatic rings. The van der Waals surface area contributed by atoms with E-state index >= 15 is 0 Å². The highest BCUT2D eigenvalue weighted by Gasteiger charge is 2.13. The third-order valence-corrected chi connectivity index (χ3v) is 4.61. The molecule has 1 amide bonds. The van der Waals surface area contributed by atoms with Crippen LogP contribution >= 0.6 is 11.8 Å². The molecule has 0 unspecified atom stereocenters. The lowest BCUT2D eigenvalue weighted by molar-refractivity contribution is -0.112. The van der Waals surface area contributed by atoms with Crippen LogP contribution in [-0.2, 0) is 14.3 Å². The van der Waals surface area contributed by atoms with Gasteiger partial charge in [0.1, 0.15) is 11.6 Å². The van der Waals surface area contributed by atoms with Crippen LogP contribution in [-0.4, -0.2) is 33.0 Å². The molecule has 0 aromatic heterocycles. The van der Waals surface area contributed by atoms with E-state index in [1.165, 1.54) is 32.2 Å². The van der Waals surface area contributed by atoms with Gasteiger partial charge in [-0.25, -0.2) is 0 Å². The molecule has 6 nitrogen and oxygen atoms in total. The Hall–Kier alpha value is -2.79. The lowest BCUT2D eigenvalue weighted by atomic mass is 10.2. The molecule has 0 saturated carbocycles. The summed E-state index contributed by atoms with van der Waals surface area (Å²) in [5, 5.41) is 14.9. The molecule has 7 heteroatoms. The fraction of sp³-hybridized carbons (Fsp3) is 0.200. The van der Waals surface area contributed by atoms with Crippen LogP contribution in [0.4, 0.5) is 5.69 Å². The van der Waals surface area contributed by atoms with Crippen LogP contribution in [0.3, 0.4) is 0 Å². The summed E-state index contributed by atoms with van der Waals surface area (Å²) in [5.41, 5.74) is 0.602. The van der Waals surface area contributed by atoms with Crippen LogP contribution in [0.5, 0.6) is 0 Å². The van der Waals surface area contributed by atoms with E-state index in [-0.39, 0.29) is 5.57 Å². The van der Waals surface area contributed by atoms with Gasteiger partial charge in [-0.15, -0.1) is 0 Å². The summed E-state index contributed by atoms with van der Waals surface area (Å²) >= 11 is 1.54. The molecule has 140 valence electrons. The maximum absolute atomic E-state index is 12.4. The van der Waals surface area contributed by atoms with Crippen molar-refractivity contribution in [3.05, 3.63) is 66.4 Å². The van der Waals surface area contributed by atoms with Gasteiger partial charge >= 0.3 is 0 Å². The monoisotopic (exact) mass is 383 g/mol. The number of ether oxygens (including phenoxy) is 2. The Balaban J connectivity index is 2.07. The lowest BCUT2D eigenvalue weighted by Gasteiger charge is -2.13. The Morgan fingerprint density at radius 1 is 1.15 bits per heavy atom. The van der Waals surface area contributed by atoms with Gasteiger partial charge in [-0.3, -0.25) is 4.79 Å². The third kappa shape index (κ3) is 6.46. The fourth-order valence-electron chi connectivity index (χ4n) is 2.13. The Kier molecular flexibility index (Phi) is 8.39. The molecule has 0 aliphatic heterocycles. The lowest BCUT2D eigenvalue weighted by Crippen LogP contribution is -2.27. The number of rotatable bonds is 9. The van der Waals surface area contributed by atoms with Gasteiger partial charge in [-0.2, -0.15) is 5.26 Å². The highest BCUT2D eigenvalue weighted by molar-refractivity contribution is 7.99. The van der Waals surface area contributed by atoms with Crippen LogP contribution in [0, 0.1) is 11.3 Å². The number of anilines is 1. The normalized spacial score (nSPS) is 11.1. The van der Waals surface area contributed by atoms with Crippen molar-refractivity contribution in [1.29, 1.82) is 5.26 Å². The number of amides is 1. The van der Waals surface area contributed by atoms with E-state index in [0.717, 1.165) is 9.79 Å². The number of nitrogens with zero attached hydrogens (tertiary/aromatic N) is 1. The Bertz CT molecular complexity index is 815. The van der Waals surface area contributed by atoms with Crippen molar-refractivity contribution >= 4 is 23.4 Å². The summed E-state index contributed by atoms with van der Waals surface area (Å²) in [4.78, 5) is 14.4. The Morgan fingerprint density at radius 2 is 1.81 bits per heavy atom. The number of nitriles is 1. The molecule has 0 bridgehead atoms. The predicted molar refractivity (Wildman–Crippen MR) is 105 cm³/mol. The molecule has 0 fully saturated rings. The van der Waals surface area contributed by atoms with Crippen LogP contribution in [0.2, 0.25) is 0 Å². The van der Waals surface area contributed by atoms with Gasteiger partial charge in [0, 0.05) is 30.2 Å². The Labute approximate surface area is 163 Å². The maximum Gasteiger partial charge on any atom is 0.267 e. The summed E-state index contributed by atoms with van der Waals surface area (Å²) in [6.07, 6.45) is 0.889. The number of benzene rings is 2. The average Bonchev–Trinajstić information content (AvgIpc) is 2.70. The number of nitrogens with one attached hydrogen (secondary N) is 2. The number of carbonyl (C=O) groups is 1. The second-order valence-corrected chi connectivity index (χ2v) is 6.46. The second-order valence-electron chi connectivity index (χ2n) is 5.34. The van der Waals surface area contributed by atoms with E-state index in [4.69, 9.17) is 9.47 Å². The van der Waals surface area contributed by atoms with E-state index < -0.39 is 12.2 Å². The van der Waals surface area contributed by atoms with Crippen molar-refractivity contribution in [3.63, 3.8) is 0 Å². The van der Waals surface area contributed by atoms with Crippen molar-refractivity contribution in [2.24, 2.45) is 0 Å². The van der Waals surface area contributed by atoms with Gasteiger partial charge < -0.3 is 20.1 Å². The van der Waals surface area contributed by atoms with Crippen LogP contribution < -0.4 is 10.6 Å². The van der Waals surface area contributed by atoms with Crippen LogP contribution in [0.15, 0.2) is 76.2 Å². The Morgan fingerprint density at radius 3 is 2.48 bits per heavy atom. The molecule has 0 saturated heterocycles. The minimum Gasteiger partial charge on any atom is -0.385 e. The average molecular weight is 383 g/mol. The molecule has 0 aliphatic carbocycles. The van der Waals surface area contributed by atoms with Gasteiger partial charge in [-0.05, 0) is 24.3 Å². The largest absolute Gasteiger partial charge is 0.385 e. The smallest absolute Gasteiger partial charge is 0.267 e. The van der Waals surface area contributed by atoms with E-state index in [2.05, 4.69) is 10.6 Å². The first kappa shape index (κ1) is 20.5. The zero-order valence-corrected chi connectivity index (χ0v) is 16.0. The summed E-state index contributed by atoms with van der Waals surface area (Å²) in [7, 11) is 3.03. The first-order valence-corrected chi connectivity index (χ1v) is 9.02. The molecule has 27 heavy (non-hydrogen) atoms. The van der Waals surface area contributed by atoms with Crippen molar-refractivity contribution in [1.82, 2.24) is 5.32 Å². The molecule has 0 aliphatic rings. The third-order valence-electron chi connectivity index (χ3n) is 3.53. The molecular weight excluding hydrogens is 362 g/mol. The molecule has 0 atom stereocenters. The second kappa shape index (κ2) is 11.0. The SMILES string of the molecule is COC(CN/C=C(/C#N)C(=O)Nc1ccccc1Sc1ccccc1)OC. The number of hydrogen-bond acceptors (Lipinski definition) is 6. The topological polar surface area (TPSA) is 83.4 Å². The molecule has 0 spiro atoms. The van der Waals surface area contributed by atoms with E-state index in [0.29, 0.717) is 12.2 Å². The van der Waals surface area contributed by atoms with Crippen molar-refractivity contribution in [2.45, 2.75) is 16.1 Å². The molecule has 2 rings (SSSR count). The first-order chi connectivity index (χ1) is 13.2. The quantitative estimate of drug-likeness (QED) is 0.392. The van der Waals surface area contributed by atoms with Gasteiger partial charge in [0.05, 0.1) is 12.2 Å². The number of para-hydroxylation sites is 1. The first-order valence-electron chi connectivity index (χ1n) is 8.20. The summed E-state index contributed by atoms with van der Waals surface area (Å²) in [6, 6.07) is 19.2. The summed E-state index contributed by atoms with van der Waals surface area (Å²) < 4.78 is 10.1. The molecule has 2 N–H and O–H groups in total. The number of methoxy groups -OCH3 is 2. The number of carbonyl (C=O) groups excluding carboxylic acids is 1. The van der Waals surface area contributed by atoms with Crippen molar-refractivity contribution in [3.8, 4) is 6.07 Å². The fourth-order valence-corrected chi connectivity index (χ4v) is 3.06. The zero-order valence-electron chi connectivity index (χ0n) is 15.1. The van der Waals surface area contributed by atoms with Crippen LogP contribution in [0.25, 0.3) is 0 Å². The highest BCUT2D eigenvalue weighted by atomic mass is 32.2. The maximum atomic E-state index is 12.4. The van der Waals surface area contributed by atoms with Gasteiger partial charge in [0.2, 0.25) is 0 Å². The van der Waals surface area contributed by atoms with Gasteiger partial charge in [0.15, 0.2) is 6.29 Å². The van der Waals surface area contributed by atoms with E-state index in [1.807, 2.05) is 54.6 Å². The standard InChI is InChI=1S/C20H21N3O3S/c1-25-19(26-2)14-22-13-15(12-21)20(24)23-17-10-6-7-11-18(17)27-16-8-4-3-5-9-16/h3-11,13,19,22H,14H2,1-2H3,(H,23,24)/b15-13-. The van der Waals surface area contributed by atoms with E-state index in [9.17, 15) is 10.1 Å². The van der Waals surface area contributed by atoms with Crippen molar-refractivity contribution in [2.75, 3.05) is 26.1 Å². The summed E-state index contributed by atoms with van der Waals surface area (Å²) in [6.45, 7) is 0.311. The summed E-state index contributed by atoms with van der Waals surface area (Å²) in [5.74, 6) is -0.488. The molecular formula is C20H21N3O3S. The number of hydrogen-bond donors (Lipinski definition) is 2. The zero-order chi connectivity index (χ0) is 19.5. The minimum atomic E-state index is -0.488. The van der Waals surface area contributed by atoms with Crippen LogP contribution in [0.1, 0.15) is 0 Å². The van der Waals surface area contributed by atoms with E-state index in [1.54, 1.807) is 6.07 Å². The van der Waals surface area contributed by atoms with Gasteiger partial charge in [0.25, 0.3) is 5.91 Å². The highest BCUT2D eigenvalue weighted by Crippen LogP contribution is 2.33. The predicted octanol–water partition coefficient (Wildman–Crippen LogP) is 3.39. The molecule has 0 radical (unpaired) electrons.